The number of rotatable bonds is 4. The largest absolute Gasteiger partial charge is 0.496 e. The summed E-state index contributed by atoms with van der Waals surface area (Å²) in [5.41, 5.74) is 2.71. The lowest BCUT2D eigenvalue weighted by Crippen LogP contribution is -2.85. The number of hydrogen-bond donors (Lipinski definition) is 1. The van der Waals surface area contributed by atoms with Crippen molar-refractivity contribution in [2.45, 2.75) is 31.3 Å². The first-order valence-corrected chi connectivity index (χ1v) is 9.82. The van der Waals surface area contributed by atoms with Gasteiger partial charge >= 0.3 is 0 Å². The summed E-state index contributed by atoms with van der Waals surface area (Å²) in [6, 6.07) is 15.8. The zero-order chi connectivity index (χ0) is 20.8. The van der Waals surface area contributed by atoms with E-state index >= 15 is 0 Å². The molecule has 0 aliphatic carbocycles. The molecule has 0 aromatic heterocycles. The first kappa shape index (κ1) is 19.5. The molecule has 0 radical (unpaired) electrons. The number of nitrogens with zero attached hydrogens (tertiary/aromatic N) is 2. The van der Waals surface area contributed by atoms with Gasteiger partial charge < -0.3 is 19.6 Å². The van der Waals surface area contributed by atoms with Crippen molar-refractivity contribution in [2.24, 2.45) is 0 Å². The van der Waals surface area contributed by atoms with Gasteiger partial charge in [-0.3, -0.25) is 9.59 Å². The molecule has 2 fully saturated rings. The fraction of sp³-hybridized carbons (Fsp3) is 0.391. The summed E-state index contributed by atoms with van der Waals surface area (Å²) in [6.45, 7) is 4.00. The average molecular weight is 394 g/mol. The van der Waals surface area contributed by atoms with Gasteiger partial charge in [-0.05, 0) is 17.2 Å². The highest BCUT2D eigenvalue weighted by molar-refractivity contribution is 5.80. The second kappa shape index (κ2) is 7.19. The van der Waals surface area contributed by atoms with Crippen molar-refractivity contribution in [3.63, 3.8) is 0 Å². The number of amides is 2. The van der Waals surface area contributed by atoms with Gasteiger partial charge in [0.25, 0.3) is 0 Å². The lowest BCUT2D eigenvalue weighted by atomic mass is 9.60. The minimum Gasteiger partial charge on any atom is -0.496 e. The van der Waals surface area contributed by atoms with Gasteiger partial charge in [-0.2, -0.15) is 0 Å². The van der Waals surface area contributed by atoms with Crippen molar-refractivity contribution in [3.05, 3.63) is 54.1 Å². The number of methoxy groups -OCH3 is 1. The van der Waals surface area contributed by atoms with Crippen LogP contribution in [-0.4, -0.2) is 65.1 Å². The quantitative estimate of drug-likeness (QED) is 0.864. The maximum Gasteiger partial charge on any atom is 0.220 e. The SMILES string of the molecule is COc1ccccc1-c1ccc([C@@H]2[C@@H](CO)N(C(C)=O)C23CN(C(C)=O)C3)cc1. The van der Waals surface area contributed by atoms with Gasteiger partial charge in [0.05, 0.1) is 25.3 Å². The number of carbonyl (C=O) groups is 2. The molecule has 0 bridgehead atoms. The first-order chi connectivity index (χ1) is 13.9. The highest BCUT2D eigenvalue weighted by Crippen LogP contribution is 2.54. The zero-order valence-corrected chi connectivity index (χ0v) is 17.0. The Hall–Kier alpha value is -2.86. The summed E-state index contributed by atoms with van der Waals surface area (Å²) in [5.74, 6) is 0.761. The number of benzene rings is 2. The zero-order valence-electron chi connectivity index (χ0n) is 17.0. The summed E-state index contributed by atoms with van der Waals surface area (Å²) in [6.07, 6.45) is 0. The Labute approximate surface area is 170 Å². The van der Waals surface area contributed by atoms with Crippen LogP contribution in [0.4, 0.5) is 0 Å². The predicted molar refractivity (Wildman–Crippen MR) is 110 cm³/mol. The normalized spacial score (nSPS) is 22.1. The number of likely N-dealkylation sites (tertiary alicyclic amines) is 2. The Balaban J connectivity index is 1.66. The van der Waals surface area contributed by atoms with Gasteiger partial charge in [0.15, 0.2) is 0 Å². The molecule has 2 aliphatic heterocycles. The molecule has 0 saturated carbocycles. The predicted octanol–water partition coefficient (Wildman–Crippen LogP) is 2.27. The smallest absolute Gasteiger partial charge is 0.220 e. The average Bonchev–Trinajstić information content (AvgIpc) is 2.66. The van der Waals surface area contributed by atoms with Crippen molar-refractivity contribution in [1.82, 2.24) is 9.80 Å². The molecule has 2 aliphatic rings. The minimum atomic E-state index is -0.420. The monoisotopic (exact) mass is 394 g/mol. The van der Waals surface area contributed by atoms with Crippen LogP contribution in [0.2, 0.25) is 0 Å². The van der Waals surface area contributed by atoms with Crippen LogP contribution < -0.4 is 4.74 Å². The summed E-state index contributed by atoms with van der Waals surface area (Å²) in [7, 11) is 1.66. The molecule has 6 heteroatoms. The molecule has 152 valence electrons. The highest BCUT2D eigenvalue weighted by atomic mass is 16.5. The van der Waals surface area contributed by atoms with Gasteiger partial charge in [0, 0.05) is 38.4 Å². The molecule has 0 unspecified atom stereocenters. The third-order valence-corrected chi connectivity index (χ3v) is 6.36. The van der Waals surface area contributed by atoms with Crippen molar-refractivity contribution in [1.29, 1.82) is 0 Å². The molecule has 1 N–H and O–H groups in total. The van der Waals surface area contributed by atoms with Crippen molar-refractivity contribution < 1.29 is 19.4 Å². The molecule has 6 nitrogen and oxygen atoms in total. The Kier molecular flexibility index (Phi) is 4.82. The van der Waals surface area contributed by atoms with Gasteiger partial charge in [-0.25, -0.2) is 0 Å². The maximum atomic E-state index is 12.3. The Bertz CT molecular complexity index is 934. The van der Waals surface area contributed by atoms with E-state index in [1.54, 1.807) is 23.8 Å². The topological polar surface area (TPSA) is 70.1 Å². The van der Waals surface area contributed by atoms with Gasteiger partial charge in [-0.1, -0.05) is 42.5 Å². The van der Waals surface area contributed by atoms with Crippen LogP contribution in [0.15, 0.2) is 48.5 Å². The molecule has 2 heterocycles. The first-order valence-electron chi connectivity index (χ1n) is 9.82. The number of carbonyl (C=O) groups excluding carboxylic acids is 2. The van der Waals surface area contributed by atoms with Crippen molar-refractivity contribution >= 4 is 11.8 Å². The van der Waals surface area contributed by atoms with Gasteiger partial charge in [-0.15, -0.1) is 0 Å². The van der Waals surface area contributed by atoms with Crippen molar-refractivity contribution in [2.75, 3.05) is 26.8 Å². The molecule has 4 rings (SSSR count). The van der Waals surface area contributed by atoms with Crippen LogP contribution in [0, 0.1) is 0 Å². The summed E-state index contributed by atoms with van der Waals surface area (Å²) < 4.78 is 5.46. The van der Waals surface area contributed by atoms with E-state index < -0.39 is 5.54 Å². The van der Waals surface area contributed by atoms with Gasteiger partial charge in [0.1, 0.15) is 5.75 Å². The molecule has 2 atom stereocenters. The van der Waals surface area contributed by atoms with Crippen LogP contribution >= 0.6 is 0 Å². The number of hydrogen-bond acceptors (Lipinski definition) is 4. The van der Waals surface area contributed by atoms with Crippen LogP contribution in [0.5, 0.6) is 5.75 Å². The fourth-order valence-corrected chi connectivity index (χ4v) is 5.11. The third kappa shape index (κ3) is 2.90. The van der Waals surface area contributed by atoms with E-state index in [2.05, 4.69) is 12.1 Å². The summed E-state index contributed by atoms with van der Waals surface area (Å²) in [5, 5.41) is 9.97. The van der Waals surface area contributed by atoms with Crippen molar-refractivity contribution in [3.8, 4) is 16.9 Å². The van der Waals surface area contributed by atoms with E-state index in [1.165, 1.54) is 6.92 Å². The Morgan fingerprint density at radius 3 is 2.28 bits per heavy atom. The van der Waals surface area contributed by atoms with E-state index in [9.17, 15) is 14.7 Å². The molecule has 2 aromatic carbocycles. The minimum absolute atomic E-state index is 0.00119. The van der Waals surface area contributed by atoms with Crippen LogP contribution in [0.3, 0.4) is 0 Å². The van der Waals surface area contributed by atoms with E-state index in [4.69, 9.17) is 4.74 Å². The molecule has 2 amide bonds. The van der Waals surface area contributed by atoms with Gasteiger partial charge in [0.2, 0.25) is 11.8 Å². The molecule has 1 spiro atoms. The number of ether oxygens (including phenoxy) is 1. The van der Waals surface area contributed by atoms with E-state index in [1.807, 2.05) is 36.4 Å². The summed E-state index contributed by atoms with van der Waals surface area (Å²) in [4.78, 5) is 27.5. The number of aliphatic hydroxyl groups is 1. The molecular weight excluding hydrogens is 368 g/mol. The Morgan fingerprint density at radius 2 is 1.72 bits per heavy atom. The molecule has 29 heavy (non-hydrogen) atoms. The standard InChI is InChI=1S/C23H26N2O4/c1-15(27)24-13-23(14-24)22(20(12-26)25(23)16(2)28)18-10-8-17(9-11-18)19-6-4-5-7-21(19)29-3/h4-11,20,22,26H,12-14H2,1-3H3/t20-,22-/m1/s1. The summed E-state index contributed by atoms with van der Waals surface area (Å²) >= 11 is 0. The molecular formula is C23H26N2O4. The van der Waals surface area contributed by atoms with E-state index in [-0.39, 0.29) is 30.4 Å². The second-order valence-electron chi connectivity index (χ2n) is 7.92. The molecule has 2 saturated heterocycles. The number of aliphatic hydroxyl groups excluding tert-OH is 1. The van der Waals surface area contributed by atoms with Crippen LogP contribution in [0.1, 0.15) is 25.3 Å². The van der Waals surface area contributed by atoms with Crippen LogP contribution in [-0.2, 0) is 9.59 Å². The third-order valence-electron chi connectivity index (χ3n) is 6.36. The Morgan fingerprint density at radius 1 is 1.07 bits per heavy atom. The van der Waals surface area contributed by atoms with E-state index in [0.717, 1.165) is 22.4 Å². The second-order valence-corrected chi connectivity index (χ2v) is 7.92. The maximum absolute atomic E-state index is 12.3. The lowest BCUT2D eigenvalue weighted by Gasteiger charge is -2.70. The molecule has 2 aromatic rings. The van der Waals surface area contributed by atoms with E-state index in [0.29, 0.717) is 13.1 Å². The fourth-order valence-electron chi connectivity index (χ4n) is 5.11. The lowest BCUT2D eigenvalue weighted by molar-refractivity contribution is -0.200. The highest BCUT2D eigenvalue weighted by Gasteiger charge is 2.67. The number of para-hydroxylation sites is 1. The van der Waals surface area contributed by atoms with Crippen LogP contribution in [0.25, 0.3) is 11.1 Å².